The average molecular weight is 334 g/mol. The van der Waals surface area contributed by atoms with Gasteiger partial charge in [0.2, 0.25) is 0 Å². The van der Waals surface area contributed by atoms with Gasteiger partial charge >= 0.3 is 5.97 Å². The molecule has 0 saturated heterocycles. The van der Waals surface area contributed by atoms with Crippen LogP contribution in [-0.2, 0) is 11.3 Å². The Labute approximate surface area is 141 Å². The van der Waals surface area contributed by atoms with Crippen LogP contribution in [0.3, 0.4) is 0 Å². The molecule has 7 heteroatoms. The molecule has 0 aliphatic carbocycles. The number of benzene rings is 1. The quantitative estimate of drug-likeness (QED) is 0.580. The fraction of sp³-hybridized carbons (Fsp3) is 0.111. The van der Waals surface area contributed by atoms with E-state index in [0.29, 0.717) is 5.52 Å². The number of aromatic amines is 1. The number of carbonyl (C=O) groups excluding carboxylic acids is 1. The SMILES string of the molecule is COC(=O)c1c[nH]c2c(=O)n(Cc3nccc4ccccc34)cnc12. The Morgan fingerprint density at radius 1 is 1.24 bits per heavy atom. The molecule has 4 aromatic rings. The Morgan fingerprint density at radius 2 is 2.08 bits per heavy atom. The molecule has 0 radical (unpaired) electrons. The summed E-state index contributed by atoms with van der Waals surface area (Å²) in [5.74, 6) is -0.536. The second-order valence-electron chi connectivity index (χ2n) is 5.57. The molecule has 7 nitrogen and oxygen atoms in total. The molecule has 1 aromatic carbocycles. The smallest absolute Gasteiger partial charge is 0.341 e. The van der Waals surface area contributed by atoms with E-state index in [9.17, 15) is 9.59 Å². The number of H-pyrrole nitrogens is 1. The Hall–Kier alpha value is -3.48. The van der Waals surface area contributed by atoms with Crippen LogP contribution in [-0.4, -0.2) is 32.6 Å². The lowest BCUT2D eigenvalue weighted by atomic mass is 10.1. The van der Waals surface area contributed by atoms with Crippen LogP contribution in [0.25, 0.3) is 21.8 Å². The first kappa shape index (κ1) is 15.1. The van der Waals surface area contributed by atoms with E-state index in [1.165, 1.54) is 24.2 Å². The summed E-state index contributed by atoms with van der Waals surface area (Å²) < 4.78 is 6.17. The highest BCUT2D eigenvalue weighted by Crippen LogP contribution is 2.17. The minimum Gasteiger partial charge on any atom is -0.465 e. The lowest BCUT2D eigenvalue weighted by Gasteiger charge is -2.08. The van der Waals surface area contributed by atoms with E-state index in [1.807, 2.05) is 30.3 Å². The molecule has 0 aliphatic heterocycles. The number of esters is 1. The highest BCUT2D eigenvalue weighted by atomic mass is 16.5. The van der Waals surface area contributed by atoms with Crippen LogP contribution < -0.4 is 5.56 Å². The third kappa shape index (κ3) is 2.46. The van der Waals surface area contributed by atoms with Gasteiger partial charge in [-0.15, -0.1) is 0 Å². The van der Waals surface area contributed by atoms with Crippen molar-refractivity contribution in [2.75, 3.05) is 7.11 Å². The number of rotatable bonds is 3. The van der Waals surface area contributed by atoms with Crippen molar-refractivity contribution in [2.45, 2.75) is 6.54 Å². The van der Waals surface area contributed by atoms with Crippen LogP contribution in [0.5, 0.6) is 0 Å². The van der Waals surface area contributed by atoms with E-state index in [0.717, 1.165) is 16.5 Å². The molecule has 0 aliphatic rings. The second-order valence-corrected chi connectivity index (χ2v) is 5.57. The van der Waals surface area contributed by atoms with Crippen LogP contribution in [0.1, 0.15) is 16.1 Å². The standard InChI is InChI=1S/C18H14N4O3/c1-25-18(24)13-8-20-16-15(13)21-10-22(17(16)23)9-14-12-5-3-2-4-11(12)6-7-19-14/h2-8,10,20H,9H2,1H3. The lowest BCUT2D eigenvalue weighted by Crippen LogP contribution is -2.22. The van der Waals surface area contributed by atoms with Crippen molar-refractivity contribution in [2.24, 2.45) is 0 Å². The Balaban J connectivity index is 1.81. The Kier molecular flexibility index (Phi) is 3.53. The number of fused-ring (bicyclic) bond motifs is 2. The van der Waals surface area contributed by atoms with Gasteiger partial charge in [-0.25, -0.2) is 9.78 Å². The molecule has 0 unspecified atom stereocenters. The van der Waals surface area contributed by atoms with E-state index in [4.69, 9.17) is 4.74 Å². The highest BCUT2D eigenvalue weighted by Gasteiger charge is 2.17. The van der Waals surface area contributed by atoms with Gasteiger partial charge in [-0.3, -0.25) is 14.3 Å². The zero-order chi connectivity index (χ0) is 17.4. The number of hydrogen-bond donors (Lipinski definition) is 1. The summed E-state index contributed by atoms with van der Waals surface area (Å²) in [7, 11) is 1.29. The normalized spacial score (nSPS) is 11.1. The van der Waals surface area contributed by atoms with Crippen LogP contribution in [0.15, 0.2) is 53.8 Å². The summed E-state index contributed by atoms with van der Waals surface area (Å²) in [5, 5.41) is 2.04. The lowest BCUT2D eigenvalue weighted by molar-refractivity contribution is 0.0603. The molecule has 0 saturated carbocycles. The number of ether oxygens (including phenoxy) is 1. The van der Waals surface area contributed by atoms with Gasteiger partial charge in [0.05, 0.1) is 25.7 Å². The van der Waals surface area contributed by atoms with E-state index in [-0.39, 0.29) is 23.2 Å². The molecule has 0 fully saturated rings. The number of nitrogens with one attached hydrogen (secondary N) is 1. The van der Waals surface area contributed by atoms with Gasteiger partial charge in [0, 0.05) is 17.8 Å². The van der Waals surface area contributed by atoms with Crippen molar-refractivity contribution < 1.29 is 9.53 Å². The van der Waals surface area contributed by atoms with Gasteiger partial charge in [-0.2, -0.15) is 0 Å². The molecule has 0 bridgehead atoms. The molecule has 25 heavy (non-hydrogen) atoms. The van der Waals surface area contributed by atoms with Crippen molar-refractivity contribution in [1.82, 2.24) is 19.5 Å². The largest absolute Gasteiger partial charge is 0.465 e. The minimum absolute atomic E-state index is 0.241. The van der Waals surface area contributed by atoms with Crippen LogP contribution >= 0.6 is 0 Å². The molecule has 0 amide bonds. The average Bonchev–Trinajstić information content (AvgIpc) is 3.08. The molecule has 1 N–H and O–H groups in total. The number of methoxy groups -OCH3 is 1. The van der Waals surface area contributed by atoms with Crippen LogP contribution in [0, 0.1) is 0 Å². The second kappa shape index (κ2) is 5.86. The summed E-state index contributed by atoms with van der Waals surface area (Å²) in [4.78, 5) is 35.9. The zero-order valence-corrected chi connectivity index (χ0v) is 13.4. The van der Waals surface area contributed by atoms with Gasteiger partial charge in [-0.05, 0) is 11.5 Å². The molecular formula is C18H14N4O3. The van der Waals surface area contributed by atoms with E-state index >= 15 is 0 Å². The number of carbonyl (C=O) groups is 1. The minimum atomic E-state index is -0.536. The molecule has 4 rings (SSSR count). The first-order valence-corrected chi connectivity index (χ1v) is 7.66. The molecule has 124 valence electrons. The van der Waals surface area contributed by atoms with Gasteiger partial charge in [0.25, 0.3) is 5.56 Å². The Bertz CT molecular complexity index is 1150. The fourth-order valence-electron chi connectivity index (χ4n) is 2.88. The third-order valence-electron chi connectivity index (χ3n) is 4.14. The van der Waals surface area contributed by atoms with Gasteiger partial charge < -0.3 is 9.72 Å². The van der Waals surface area contributed by atoms with E-state index < -0.39 is 5.97 Å². The fourth-order valence-corrected chi connectivity index (χ4v) is 2.88. The summed E-state index contributed by atoms with van der Waals surface area (Å²) >= 11 is 0. The van der Waals surface area contributed by atoms with Crippen molar-refractivity contribution in [1.29, 1.82) is 0 Å². The van der Waals surface area contributed by atoms with Crippen molar-refractivity contribution in [3.8, 4) is 0 Å². The summed E-state index contributed by atoms with van der Waals surface area (Å²) in [6, 6.07) is 9.79. The summed E-state index contributed by atoms with van der Waals surface area (Å²) in [5.41, 5.74) is 1.32. The van der Waals surface area contributed by atoms with Gasteiger partial charge in [-0.1, -0.05) is 24.3 Å². The molecule has 3 aromatic heterocycles. The van der Waals surface area contributed by atoms with Crippen molar-refractivity contribution >= 4 is 27.8 Å². The number of aromatic nitrogens is 4. The maximum Gasteiger partial charge on any atom is 0.341 e. The van der Waals surface area contributed by atoms with E-state index in [2.05, 4.69) is 15.0 Å². The molecule has 3 heterocycles. The highest BCUT2D eigenvalue weighted by molar-refractivity contribution is 6.01. The van der Waals surface area contributed by atoms with E-state index in [1.54, 1.807) is 6.20 Å². The number of pyridine rings is 1. The molecule has 0 spiro atoms. The maximum absolute atomic E-state index is 12.7. The zero-order valence-electron chi connectivity index (χ0n) is 13.4. The first-order chi connectivity index (χ1) is 12.2. The molecular weight excluding hydrogens is 320 g/mol. The summed E-state index contributed by atoms with van der Waals surface area (Å²) in [6.45, 7) is 0.287. The van der Waals surface area contributed by atoms with Crippen molar-refractivity contribution in [3.05, 3.63) is 70.7 Å². The summed E-state index contributed by atoms with van der Waals surface area (Å²) in [6.07, 6.45) is 4.58. The predicted octanol–water partition coefficient (Wildman–Crippen LogP) is 2.11. The van der Waals surface area contributed by atoms with Crippen molar-refractivity contribution in [3.63, 3.8) is 0 Å². The maximum atomic E-state index is 12.7. The van der Waals surface area contributed by atoms with Crippen LogP contribution in [0.2, 0.25) is 0 Å². The van der Waals surface area contributed by atoms with Gasteiger partial charge in [0.1, 0.15) is 16.6 Å². The van der Waals surface area contributed by atoms with Crippen LogP contribution in [0.4, 0.5) is 0 Å². The van der Waals surface area contributed by atoms with Gasteiger partial charge in [0.15, 0.2) is 0 Å². The predicted molar refractivity (Wildman–Crippen MR) is 92.5 cm³/mol. The third-order valence-corrected chi connectivity index (χ3v) is 4.14. The number of hydrogen-bond acceptors (Lipinski definition) is 5. The first-order valence-electron chi connectivity index (χ1n) is 7.66. The monoisotopic (exact) mass is 334 g/mol. The Morgan fingerprint density at radius 3 is 2.92 bits per heavy atom. The molecule has 0 atom stereocenters. The topological polar surface area (TPSA) is 89.9 Å². The number of nitrogens with zero attached hydrogens (tertiary/aromatic N) is 3.